The van der Waals surface area contributed by atoms with E-state index in [2.05, 4.69) is 20.9 Å². The van der Waals surface area contributed by atoms with Gasteiger partial charge in [0.1, 0.15) is 0 Å². The molecule has 0 unspecified atom stereocenters. The molecule has 1 aliphatic rings. The molecule has 25 heavy (non-hydrogen) atoms. The summed E-state index contributed by atoms with van der Waals surface area (Å²) in [4.78, 5) is 29.9. The molecule has 1 rings (SSSR count). The fourth-order valence-corrected chi connectivity index (χ4v) is 2.62. The number of nitrogens with zero attached hydrogens (tertiary/aromatic N) is 2. The summed E-state index contributed by atoms with van der Waals surface area (Å²) in [6, 6.07) is 0.242. The highest BCUT2D eigenvalue weighted by atomic mass is 16.6. The van der Waals surface area contributed by atoms with E-state index in [1.54, 1.807) is 11.9 Å². The Bertz CT molecular complexity index is 471. The molecule has 8 heteroatoms. The van der Waals surface area contributed by atoms with Gasteiger partial charge in [0.25, 0.3) is 0 Å². The van der Waals surface area contributed by atoms with Crippen LogP contribution in [0.4, 0.5) is 4.79 Å². The van der Waals surface area contributed by atoms with Crippen molar-refractivity contribution in [1.29, 1.82) is 0 Å². The number of hydrogen-bond acceptors (Lipinski definition) is 4. The van der Waals surface area contributed by atoms with Gasteiger partial charge in [0.05, 0.1) is 18.6 Å². The fourth-order valence-electron chi connectivity index (χ4n) is 2.62. The summed E-state index contributed by atoms with van der Waals surface area (Å²) < 4.78 is 5.04. The molecule has 0 radical (unpaired) electrons. The van der Waals surface area contributed by atoms with Crippen LogP contribution in [0.2, 0.25) is 0 Å². The average Bonchev–Trinajstić information content (AvgIpc) is 2.60. The maximum atomic E-state index is 11.9. The number of hydrogen-bond donors (Lipinski definition) is 3. The first-order chi connectivity index (χ1) is 11.8. The van der Waals surface area contributed by atoms with Crippen molar-refractivity contribution >= 4 is 18.0 Å². The third kappa shape index (κ3) is 6.80. The van der Waals surface area contributed by atoms with E-state index in [1.165, 1.54) is 0 Å². The van der Waals surface area contributed by atoms with E-state index in [0.717, 1.165) is 19.4 Å². The first-order valence-corrected chi connectivity index (χ1v) is 9.02. The van der Waals surface area contributed by atoms with Gasteiger partial charge in [-0.2, -0.15) is 0 Å². The molecule has 1 saturated heterocycles. The predicted octanol–water partition coefficient (Wildman–Crippen LogP) is 0.935. The van der Waals surface area contributed by atoms with Crippen molar-refractivity contribution in [1.82, 2.24) is 20.9 Å². The molecule has 0 saturated carbocycles. The molecule has 1 fully saturated rings. The molecule has 1 aliphatic heterocycles. The van der Waals surface area contributed by atoms with E-state index in [1.807, 2.05) is 27.7 Å². The smallest absolute Gasteiger partial charge is 0.409 e. The minimum absolute atomic E-state index is 0.0326. The average molecular weight is 355 g/mol. The summed E-state index contributed by atoms with van der Waals surface area (Å²) in [6.07, 6.45) is 1.43. The summed E-state index contributed by atoms with van der Waals surface area (Å²) in [7, 11) is 1.63. The maximum Gasteiger partial charge on any atom is 0.409 e. The number of ether oxygens (including phenoxy) is 1. The number of carbonyl (C=O) groups excluding carboxylic acids is 2. The van der Waals surface area contributed by atoms with Crippen molar-refractivity contribution in [2.45, 2.75) is 46.6 Å². The van der Waals surface area contributed by atoms with Gasteiger partial charge in [0, 0.05) is 32.7 Å². The van der Waals surface area contributed by atoms with Crippen LogP contribution in [0.15, 0.2) is 4.99 Å². The molecule has 0 bridgehead atoms. The summed E-state index contributed by atoms with van der Waals surface area (Å²) in [6.45, 7) is 10.4. The van der Waals surface area contributed by atoms with Gasteiger partial charge in [-0.3, -0.25) is 9.79 Å². The van der Waals surface area contributed by atoms with Crippen LogP contribution in [-0.4, -0.2) is 68.7 Å². The van der Waals surface area contributed by atoms with Crippen molar-refractivity contribution in [2.75, 3.05) is 39.8 Å². The molecule has 0 spiro atoms. The summed E-state index contributed by atoms with van der Waals surface area (Å²) in [5, 5.41) is 9.29. The first kappa shape index (κ1) is 21.1. The quantitative estimate of drug-likeness (QED) is 0.487. The number of nitrogens with one attached hydrogen (secondary N) is 3. The third-order valence-corrected chi connectivity index (χ3v) is 4.18. The SMILES string of the molecule is CCNC(=NCC(C)(C)C(=O)NC)NC1CCN(C(=O)OCC)CC1. The Morgan fingerprint density at radius 1 is 1.24 bits per heavy atom. The molecule has 0 aromatic heterocycles. The lowest BCUT2D eigenvalue weighted by molar-refractivity contribution is -0.128. The number of carbonyl (C=O) groups is 2. The van der Waals surface area contributed by atoms with Crippen LogP contribution >= 0.6 is 0 Å². The molecule has 144 valence electrons. The molecule has 0 atom stereocenters. The number of likely N-dealkylation sites (tertiary alicyclic amines) is 1. The molecular formula is C17H33N5O3. The fraction of sp³-hybridized carbons (Fsp3) is 0.824. The molecular weight excluding hydrogens is 322 g/mol. The van der Waals surface area contributed by atoms with Crippen LogP contribution in [-0.2, 0) is 9.53 Å². The van der Waals surface area contributed by atoms with Crippen LogP contribution in [0, 0.1) is 5.41 Å². The van der Waals surface area contributed by atoms with Crippen molar-refractivity contribution in [3.05, 3.63) is 0 Å². The van der Waals surface area contributed by atoms with Gasteiger partial charge in [-0.25, -0.2) is 4.79 Å². The number of piperidine rings is 1. The van der Waals surface area contributed by atoms with Crippen LogP contribution in [0.1, 0.15) is 40.5 Å². The van der Waals surface area contributed by atoms with Crippen molar-refractivity contribution in [3.63, 3.8) is 0 Å². The van der Waals surface area contributed by atoms with Gasteiger partial charge < -0.3 is 25.6 Å². The Labute approximate surface area is 150 Å². The highest BCUT2D eigenvalue weighted by molar-refractivity contribution is 5.83. The Kier molecular flexibility index (Phi) is 8.51. The zero-order valence-corrected chi connectivity index (χ0v) is 16.1. The Morgan fingerprint density at radius 3 is 2.40 bits per heavy atom. The summed E-state index contributed by atoms with van der Waals surface area (Å²) in [5.41, 5.74) is -0.565. The lowest BCUT2D eigenvalue weighted by Crippen LogP contribution is -2.50. The van der Waals surface area contributed by atoms with Gasteiger partial charge in [-0.15, -0.1) is 0 Å². The van der Waals surface area contributed by atoms with Crippen molar-refractivity contribution in [2.24, 2.45) is 10.4 Å². The van der Waals surface area contributed by atoms with E-state index in [9.17, 15) is 9.59 Å². The molecule has 2 amide bonds. The molecule has 1 heterocycles. The minimum atomic E-state index is -0.565. The van der Waals surface area contributed by atoms with Crippen molar-refractivity contribution < 1.29 is 14.3 Å². The van der Waals surface area contributed by atoms with Crippen molar-refractivity contribution in [3.8, 4) is 0 Å². The number of guanidine groups is 1. The lowest BCUT2D eigenvalue weighted by Gasteiger charge is -2.32. The normalized spacial score (nSPS) is 16.4. The van der Waals surface area contributed by atoms with E-state index in [-0.39, 0.29) is 18.0 Å². The lowest BCUT2D eigenvalue weighted by atomic mass is 9.93. The van der Waals surface area contributed by atoms with E-state index < -0.39 is 5.41 Å². The summed E-state index contributed by atoms with van der Waals surface area (Å²) >= 11 is 0. The highest BCUT2D eigenvalue weighted by Crippen LogP contribution is 2.15. The van der Waals surface area contributed by atoms with E-state index in [0.29, 0.717) is 32.2 Å². The maximum absolute atomic E-state index is 11.9. The third-order valence-electron chi connectivity index (χ3n) is 4.18. The van der Waals surface area contributed by atoms with Gasteiger partial charge in [0.15, 0.2) is 5.96 Å². The molecule has 3 N–H and O–H groups in total. The number of aliphatic imine (C=N–C) groups is 1. The Balaban J connectivity index is 2.57. The molecule has 0 aliphatic carbocycles. The Hall–Kier alpha value is -1.99. The number of rotatable bonds is 6. The largest absolute Gasteiger partial charge is 0.450 e. The highest BCUT2D eigenvalue weighted by Gasteiger charge is 2.27. The zero-order chi connectivity index (χ0) is 18.9. The molecule has 0 aromatic rings. The minimum Gasteiger partial charge on any atom is -0.450 e. The zero-order valence-electron chi connectivity index (χ0n) is 16.1. The Morgan fingerprint density at radius 2 is 1.88 bits per heavy atom. The predicted molar refractivity (Wildman–Crippen MR) is 98.6 cm³/mol. The first-order valence-electron chi connectivity index (χ1n) is 9.02. The second kappa shape index (κ2) is 10.1. The standard InChI is InChI=1S/C17H33N5O3/c1-6-19-15(20-12-17(3,4)14(23)18-5)21-13-8-10-22(11-9-13)16(24)25-7-2/h13H,6-12H2,1-5H3,(H,18,23)(H2,19,20,21). The van der Waals surface area contributed by atoms with Gasteiger partial charge in [-0.1, -0.05) is 0 Å². The molecule has 8 nitrogen and oxygen atoms in total. The summed E-state index contributed by atoms with van der Waals surface area (Å²) in [5.74, 6) is 0.670. The topological polar surface area (TPSA) is 95.1 Å². The second-order valence-electron chi connectivity index (χ2n) is 6.76. The van der Waals surface area contributed by atoms with Gasteiger partial charge in [-0.05, 0) is 40.5 Å². The van der Waals surface area contributed by atoms with Crippen LogP contribution in [0.3, 0.4) is 0 Å². The van der Waals surface area contributed by atoms with Crippen LogP contribution in [0.5, 0.6) is 0 Å². The van der Waals surface area contributed by atoms with E-state index in [4.69, 9.17) is 4.74 Å². The second-order valence-corrected chi connectivity index (χ2v) is 6.76. The monoisotopic (exact) mass is 355 g/mol. The van der Waals surface area contributed by atoms with Crippen LogP contribution in [0.25, 0.3) is 0 Å². The number of amides is 2. The van der Waals surface area contributed by atoms with Gasteiger partial charge in [0.2, 0.25) is 5.91 Å². The van der Waals surface area contributed by atoms with E-state index >= 15 is 0 Å². The molecule has 0 aromatic carbocycles. The van der Waals surface area contributed by atoms with Crippen LogP contribution < -0.4 is 16.0 Å². The van der Waals surface area contributed by atoms with Gasteiger partial charge >= 0.3 is 6.09 Å².